The molecule has 0 saturated carbocycles. The van der Waals surface area contributed by atoms with E-state index in [4.69, 9.17) is 10.5 Å². The van der Waals surface area contributed by atoms with Crippen LogP contribution in [0.1, 0.15) is 27.2 Å². The Labute approximate surface area is 96.6 Å². The van der Waals surface area contributed by atoms with Gasteiger partial charge in [-0.3, -0.25) is 0 Å². The van der Waals surface area contributed by atoms with E-state index < -0.39 is 0 Å². The minimum absolute atomic E-state index is 0.350. The molecule has 0 atom stereocenters. The molecule has 1 aromatic heterocycles. The van der Waals surface area contributed by atoms with E-state index in [0.29, 0.717) is 17.6 Å². The van der Waals surface area contributed by atoms with E-state index >= 15 is 0 Å². The van der Waals surface area contributed by atoms with Crippen LogP contribution < -0.4 is 15.4 Å². The molecule has 0 amide bonds. The van der Waals surface area contributed by atoms with E-state index in [0.717, 1.165) is 18.8 Å². The third-order valence-electron chi connectivity index (χ3n) is 2.38. The number of nitrogens with two attached hydrogens (primary N) is 1. The highest BCUT2D eigenvalue weighted by Crippen LogP contribution is 2.30. The fourth-order valence-electron chi connectivity index (χ4n) is 1.63. The van der Waals surface area contributed by atoms with Crippen LogP contribution in [0.4, 0.5) is 11.6 Å². The second-order valence-corrected chi connectivity index (χ2v) is 3.90. The van der Waals surface area contributed by atoms with Gasteiger partial charge in [0.1, 0.15) is 6.33 Å². The Bertz CT molecular complexity index is 341. The van der Waals surface area contributed by atoms with Gasteiger partial charge < -0.3 is 15.4 Å². The standard InChI is InChI=1S/C11H20N4O/c1-5-6-15(8(2)3)11-9(16-4)10(12)13-7-14-11/h7-8H,5-6H2,1-4H3,(H2,12,13,14). The molecule has 90 valence electrons. The lowest BCUT2D eigenvalue weighted by Crippen LogP contribution is -2.32. The highest BCUT2D eigenvalue weighted by atomic mass is 16.5. The van der Waals surface area contributed by atoms with Crippen molar-refractivity contribution >= 4 is 11.6 Å². The largest absolute Gasteiger partial charge is 0.490 e. The highest BCUT2D eigenvalue weighted by molar-refractivity contribution is 5.62. The fourth-order valence-corrected chi connectivity index (χ4v) is 1.63. The van der Waals surface area contributed by atoms with Gasteiger partial charge in [-0.25, -0.2) is 9.97 Å². The third kappa shape index (κ3) is 2.53. The Morgan fingerprint density at radius 2 is 2.12 bits per heavy atom. The average molecular weight is 224 g/mol. The zero-order chi connectivity index (χ0) is 12.1. The van der Waals surface area contributed by atoms with Crippen LogP contribution >= 0.6 is 0 Å². The summed E-state index contributed by atoms with van der Waals surface area (Å²) in [7, 11) is 1.59. The summed E-state index contributed by atoms with van der Waals surface area (Å²) in [6.07, 6.45) is 2.52. The molecule has 0 aliphatic heterocycles. The van der Waals surface area contributed by atoms with Crippen molar-refractivity contribution in [3.63, 3.8) is 0 Å². The molecule has 0 radical (unpaired) electrons. The smallest absolute Gasteiger partial charge is 0.204 e. The van der Waals surface area contributed by atoms with Crippen LogP contribution in [-0.2, 0) is 0 Å². The molecule has 1 rings (SSSR count). The van der Waals surface area contributed by atoms with Crippen molar-refractivity contribution < 1.29 is 4.74 Å². The summed E-state index contributed by atoms with van der Waals surface area (Å²) < 4.78 is 5.26. The van der Waals surface area contributed by atoms with Crippen LogP contribution in [-0.4, -0.2) is 29.7 Å². The lowest BCUT2D eigenvalue weighted by Gasteiger charge is -2.28. The fraction of sp³-hybridized carbons (Fsp3) is 0.636. The van der Waals surface area contributed by atoms with Gasteiger partial charge in [-0.1, -0.05) is 6.92 Å². The third-order valence-corrected chi connectivity index (χ3v) is 2.38. The molecule has 0 aliphatic rings. The van der Waals surface area contributed by atoms with Gasteiger partial charge in [0, 0.05) is 12.6 Å². The zero-order valence-electron chi connectivity index (χ0n) is 10.4. The number of nitrogen functional groups attached to an aromatic ring is 1. The molecule has 0 bridgehead atoms. The number of methoxy groups -OCH3 is 1. The van der Waals surface area contributed by atoms with Gasteiger partial charge in [0.05, 0.1) is 7.11 Å². The van der Waals surface area contributed by atoms with Gasteiger partial charge >= 0.3 is 0 Å². The molecular formula is C11H20N4O. The second-order valence-electron chi connectivity index (χ2n) is 3.90. The number of rotatable bonds is 5. The van der Waals surface area contributed by atoms with Crippen LogP contribution in [0.25, 0.3) is 0 Å². The van der Waals surface area contributed by atoms with Gasteiger partial charge in [-0.15, -0.1) is 0 Å². The molecule has 5 nitrogen and oxygen atoms in total. The number of hydrogen-bond donors (Lipinski definition) is 1. The quantitative estimate of drug-likeness (QED) is 0.824. The van der Waals surface area contributed by atoms with Crippen molar-refractivity contribution in [2.75, 3.05) is 24.3 Å². The number of aromatic nitrogens is 2. The van der Waals surface area contributed by atoms with E-state index in [1.807, 2.05) is 0 Å². The Kier molecular flexibility index (Phi) is 4.34. The van der Waals surface area contributed by atoms with E-state index in [9.17, 15) is 0 Å². The highest BCUT2D eigenvalue weighted by Gasteiger charge is 2.18. The van der Waals surface area contributed by atoms with Crippen molar-refractivity contribution in [2.24, 2.45) is 0 Å². The molecular weight excluding hydrogens is 204 g/mol. The van der Waals surface area contributed by atoms with Crippen LogP contribution in [0.3, 0.4) is 0 Å². The van der Waals surface area contributed by atoms with Crippen LogP contribution in [0.5, 0.6) is 5.75 Å². The van der Waals surface area contributed by atoms with Crippen LogP contribution in [0, 0.1) is 0 Å². The maximum atomic E-state index is 5.76. The average Bonchev–Trinajstić information content (AvgIpc) is 2.25. The molecule has 0 aliphatic carbocycles. The predicted molar refractivity (Wildman–Crippen MR) is 65.8 cm³/mol. The van der Waals surface area contributed by atoms with E-state index in [-0.39, 0.29) is 0 Å². The zero-order valence-corrected chi connectivity index (χ0v) is 10.4. The summed E-state index contributed by atoms with van der Waals surface area (Å²) in [6, 6.07) is 0.350. The van der Waals surface area contributed by atoms with Gasteiger partial charge in [-0.05, 0) is 20.3 Å². The lowest BCUT2D eigenvalue weighted by molar-refractivity contribution is 0.411. The van der Waals surface area contributed by atoms with Gasteiger partial charge in [-0.2, -0.15) is 0 Å². The maximum absolute atomic E-state index is 5.76. The molecule has 0 aromatic carbocycles. The summed E-state index contributed by atoms with van der Waals surface area (Å²) >= 11 is 0. The Balaban J connectivity index is 3.12. The Morgan fingerprint density at radius 1 is 1.44 bits per heavy atom. The minimum Gasteiger partial charge on any atom is -0.490 e. The summed E-state index contributed by atoms with van der Waals surface area (Å²) in [5, 5.41) is 0. The molecule has 0 fully saturated rings. The summed E-state index contributed by atoms with van der Waals surface area (Å²) in [5.74, 6) is 1.71. The summed E-state index contributed by atoms with van der Waals surface area (Å²) in [6.45, 7) is 7.29. The second kappa shape index (κ2) is 5.53. The first-order valence-corrected chi connectivity index (χ1v) is 5.52. The summed E-state index contributed by atoms with van der Waals surface area (Å²) in [5.41, 5.74) is 5.76. The Hall–Kier alpha value is -1.52. The predicted octanol–water partition coefficient (Wildman–Crippen LogP) is 1.69. The number of anilines is 2. The minimum atomic E-state index is 0.350. The normalized spacial score (nSPS) is 10.6. The number of hydrogen-bond acceptors (Lipinski definition) is 5. The van der Waals surface area contributed by atoms with Crippen LogP contribution in [0.2, 0.25) is 0 Å². The molecule has 0 saturated heterocycles. The molecule has 0 spiro atoms. The van der Waals surface area contributed by atoms with Crippen molar-refractivity contribution in [3.8, 4) is 5.75 Å². The topological polar surface area (TPSA) is 64.3 Å². The number of nitrogens with zero attached hydrogens (tertiary/aromatic N) is 3. The van der Waals surface area contributed by atoms with Gasteiger partial charge in [0.15, 0.2) is 11.6 Å². The lowest BCUT2D eigenvalue weighted by atomic mass is 10.2. The molecule has 16 heavy (non-hydrogen) atoms. The molecule has 2 N–H and O–H groups in total. The van der Waals surface area contributed by atoms with Gasteiger partial charge in [0.2, 0.25) is 5.75 Å². The van der Waals surface area contributed by atoms with E-state index in [2.05, 4.69) is 35.6 Å². The van der Waals surface area contributed by atoms with Crippen molar-refractivity contribution in [3.05, 3.63) is 6.33 Å². The molecule has 1 aromatic rings. The van der Waals surface area contributed by atoms with E-state index in [1.165, 1.54) is 6.33 Å². The first kappa shape index (κ1) is 12.5. The first-order chi connectivity index (χ1) is 7.61. The van der Waals surface area contributed by atoms with Crippen molar-refractivity contribution in [2.45, 2.75) is 33.2 Å². The van der Waals surface area contributed by atoms with Crippen molar-refractivity contribution in [1.29, 1.82) is 0 Å². The monoisotopic (exact) mass is 224 g/mol. The number of ether oxygens (including phenoxy) is 1. The molecule has 5 heteroatoms. The summed E-state index contributed by atoms with van der Waals surface area (Å²) in [4.78, 5) is 10.4. The van der Waals surface area contributed by atoms with Crippen molar-refractivity contribution in [1.82, 2.24) is 9.97 Å². The maximum Gasteiger partial charge on any atom is 0.204 e. The molecule has 0 unspecified atom stereocenters. The van der Waals surface area contributed by atoms with E-state index in [1.54, 1.807) is 7.11 Å². The first-order valence-electron chi connectivity index (χ1n) is 5.52. The molecule has 1 heterocycles. The van der Waals surface area contributed by atoms with Gasteiger partial charge in [0.25, 0.3) is 0 Å². The SMILES string of the molecule is CCCN(c1ncnc(N)c1OC)C(C)C. The van der Waals surface area contributed by atoms with Crippen LogP contribution in [0.15, 0.2) is 6.33 Å². The Morgan fingerprint density at radius 3 is 2.62 bits per heavy atom.